The molecule has 0 heterocycles. The van der Waals surface area contributed by atoms with Crippen molar-refractivity contribution >= 4 is 45.8 Å². The molecule has 0 aromatic heterocycles. The van der Waals surface area contributed by atoms with Gasteiger partial charge in [0.1, 0.15) is 0 Å². The van der Waals surface area contributed by atoms with Crippen molar-refractivity contribution < 1.29 is 15.8 Å². The molecule has 0 saturated heterocycles. The van der Waals surface area contributed by atoms with Crippen molar-refractivity contribution in [2.45, 2.75) is 6.42 Å². The van der Waals surface area contributed by atoms with Crippen LogP contribution in [0.1, 0.15) is 9.27 Å². The molecule has 0 aromatic carbocycles. The standard InChI is InChI=1S/C3H8O3S2.Mg.2H/c4-8(5,6)3-1-2-7;;;/h7H,1-3H2,(H,4,5,6);;;/q;+2;2*-1. The summed E-state index contributed by atoms with van der Waals surface area (Å²) in [5, 5.41) is 0. The van der Waals surface area contributed by atoms with Crippen LogP contribution in [-0.2, 0) is 10.1 Å². The van der Waals surface area contributed by atoms with Gasteiger partial charge in [-0.1, -0.05) is 0 Å². The van der Waals surface area contributed by atoms with E-state index < -0.39 is 10.1 Å². The predicted octanol–water partition coefficient (Wildman–Crippen LogP) is 0.0383. The summed E-state index contributed by atoms with van der Waals surface area (Å²) in [7, 11) is -3.74. The van der Waals surface area contributed by atoms with Gasteiger partial charge in [0, 0.05) is 0 Å². The fourth-order valence-corrected chi connectivity index (χ4v) is 1.13. The summed E-state index contributed by atoms with van der Waals surface area (Å²) in [4.78, 5) is 0. The summed E-state index contributed by atoms with van der Waals surface area (Å²) in [6, 6.07) is 0. The van der Waals surface area contributed by atoms with E-state index in [0.717, 1.165) is 0 Å². The molecule has 0 atom stereocenters. The quantitative estimate of drug-likeness (QED) is 0.368. The number of thiol groups is 1. The van der Waals surface area contributed by atoms with Gasteiger partial charge in [-0.05, 0) is 12.2 Å². The van der Waals surface area contributed by atoms with Crippen molar-refractivity contribution in [2.24, 2.45) is 0 Å². The van der Waals surface area contributed by atoms with Crippen molar-refractivity contribution in [3.8, 4) is 0 Å². The third kappa shape index (κ3) is 12.3. The van der Waals surface area contributed by atoms with Crippen LogP contribution in [0, 0.1) is 0 Å². The van der Waals surface area contributed by atoms with E-state index in [9.17, 15) is 8.42 Å². The molecule has 0 rings (SSSR count). The van der Waals surface area contributed by atoms with Crippen LogP contribution >= 0.6 is 12.6 Å². The van der Waals surface area contributed by atoms with Gasteiger partial charge in [-0.3, -0.25) is 4.55 Å². The largest absolute Gasteiger partial charge is 2.00 e. The average molecular weight is 183 g/mol. The molecule has 1 N–H and O–H groups in total. The second kappa shape index (κ2) is 5.78. The molecule has 9 heavy (non-hydrogen) atoms. The Morgan fingerprint density at radius 3 is 2.11 bits per heavy atom. The van der Waals surface area contributed by atoms with Crippen LogP contribution < -0.4 is 0 Å². The van der Waals surface area contributed by atoms with Crippen LogP contribution in [-0.4, -0.2) is 47.5 Å². The zero-order valence-electron chi connectivity index (χ0n) is 6.95. The van der Waals surface area contributed by atoms with E-state index in [-0.39, 0.29) is 31.7 Å². The van der Waals surface area contributed by atoms with Crippen LogP contribution in [0.2, 0.25) is 0 Å². The molecule has 0 aromatic rings. The minimum absolute atomic E-state index is 0. The Bertz CT molecular complexity index is 149. The molecule has 0 aliphatic carbocycles. The van der Waals surface area contributed by atoms with Crippen LogP contribution in [0.15, 0.2) is 0 Å². The Kier molecular flexibility index (Phi) is 8.15. The average Bonchev–Trinajstić information content (AvgIpc) is 1.59. The molecular weight excluding hydrogens is 172 g/mol. The summed E-state index contributed by atoms with van der Waals surface area (Å²) >= 11 is 3.76. The van der Waals surface area contributed by atoms with Crippen molar-refractivity contribution in [3.63, 3.8) is 0 Å². The molecule has 6 heteroatoms. The minimum atomic E-state index is -3.74. The normalized spacial score (nSPS) is 10.4. The molecule has 0 spiro atoms. The van der Waals surface area contributed by atoms with Gasteiger partial charge in [-0.15, -0.1) is 0 Å². The molecule has 0 amide bonds. The zero-order valence-corrected chi connectivity index (χ0v) is 8.07. The van der Waals surface area contributed by atoms with Crippen molar-refractivity contribution in [2.75, 3.05) is 11.5 Å². The first kappa shape index (κ1) is 12.7. The maximum absolute atomic E-state index is 9.91. The van der Waals surface area contributed by atoms with E-state index in [2.05, 4.69) is 12.6 Å². The molecule has 0 aliphatic rings. The Balaban J connectivity index is -0.0000000817. The van der Waals surface area contributed by atoms with Crippen LogP contribution in [0.3, 0.4) is 0 Å². The van der Waals surface area contributed by atoms with E-state index in [1.807, 2.05) is 0 Å². The Hall–Kier alpha value is 1.03. The van der Waals surface area contributed by atoms with Gasteiger partial charge in [-0.2, -0.15) is 21.0 Å². The van der Waals surface area contributed by atoms with E-state index in [1.54, 1.807) is 0 Å². The van der Waals surface area contributed by atoms with E-state index in [0.29, 0.717) is 12.2 Å². The second-order valence-electron chi connectivity index (χ2n) is 1.36. The Morgan fingerprint density at radius 2 is 2.00 bits per heavy atom. The van der Waals surface area contributed by atoms with Gasteiger partial charge in [0.15, 0.2) is 0 Å². The van der Waals surface area contributed by atoms with Crippen LogP contribution in [0.4, 0.5) is 0 Å². The molecule has 0 bridgehead atoms. The van der Waals surface area contributed by atoms with E-state index in [4.69, 9.17) is 4.55 Å². The Labute approximate surface area is 79.5 Å². The van der Waals surface area contributed by atoms with Gasteiger partial charge in [0.2, 0.25) is 0 Å². The van der Waals surface area contributed by atoms with Gasteiger partial charge in [-0.25, -0.2) is 0 Å². The fourth-order valence-electron chi connectivity index (χ4n) is 0.247. The minimum Gasteiger partial charge on any atom is -1.00 e. The van der Waals surface area contributed by atoms with Crippen LogP contribution in [0.25, 0.3) is 0 Å². The molecule has 54 valence electrons. The number of rotatable bonds is 3. The molecule has 0 fully saturated rings. The topological polar surface area (TPSA) is 54.4 Å². The van der Waals surface area contributed by atoms with E-state index >= 15 is 0 Å². The summed E-state index contributed by atoms with van der Waals surface area (Å²) in [5.41, 5.74) is 0. The van der Waals surface area contributed by atoms with Crippen molar-refractivity contribution in [3.05, 3.63) is 0 Å². The monoisotopic (exact) mass is 182 g/mol. The predicted molar refractivity (Wildman–Crippen MR) is 42.9 cm³/mol. The first-order valence-electron chi connectivity index (χ1n) is 2.12. The van der Waals surface area contributed by atoms with Crippen molar-refractivity contribution in [1.82, 2.24) is 0 Å². The molecule has 0 radical (unpaired) electrons. The smallest absolute Gasteiger partial charge is 1.00 e. The van der Waals surface area contributed by atoms with Gasteiger partial charge < -0.3 is 2.85 Å². The summed E-state index contributed by atoms with van der Waals surface area (Å²) in [6.45, 7) is 0. The molecule has 3 nitrogen and oxygen atoms in total. The summed E-state index contributed by atoms with van der Waals surface area (Å²) < 4.78 is 27.9. The van der Waals surface area contributed by atoms with Gasteiger partial charge in [0.05, 0.1) is 5.75 Å². The third-order valence-electron chi connectivity index (χ3n) is 0.560. The first-order valence-corrected chi connectivity index (χ1v) is 4.36. The SMILES string of the molecule is O=S(=O)(O)CCCS.[H-].[H-].[Mg+2]. The van der Waals surface area contributed by atoms with Crippen LogP contribution in [0.5, 0.6) is 0 Å². The molecule has 0 saturated carbocycles. The summed E-state index contributed by atoms with van der Waals surface area (Å²) in [6.07, 6.45) is 0.405. The maximum Gasteiger partial charge on any atom is 2.00 e. The number of hydrogen-bond donors (Lipinski definition) is 2. The van der Waals surface area contributed by atoms with E-state index in [1.165, 1.54) is 0 Å². The van der Waals surface area contributed by atoms with Gasteiger partial charge >= 0.3 is 23.1 Å². The fraction of sp³-hybridized carbons (Fsp3) is 1.00. The van der Waals surface area contributed by atoms with Gasteiger partial charge in [0.25, 0.3) is 10.1 Å². The summed E-state index contributed by atoms with van der Waals surface area (Å²) in [5.74, 6) is 0.302. The van der Waals surface area contributed by atoms with Crippen molar-refractivity contribution in [1.29, 1.82) is 0 Å². The maximum atomic E-state index is 9.91. The molecule has 0 aliphatic heterocycles. The zero-order chi connectivity index (χ0) is 6.62. The first-order chi connectivity index (χ1) is 3.56. The molecular formula is C3H10MgO3S2. The Morgan fingerprint density at radius 1 is 1.56 bits per heavy atom. The molecule has 0 unspecified atom stereocenters. The number of hydrogen-bond acceptors (Lipinski definition) is 3. The third-order valence-corrected chi connectivity index (χ3v) is 1.68. The second-order valence-corrected chi connectivity index (χ2v) is 3.38.